The highest BCUT2D eigenvalue weighted by atomic mass is 16.2. The Bertz CT molecular complexity index is 496. The first-order chi connectivity index (χ1) is 9.75. The zero-order valence-corrected chi connectivity index (χ0v) is 11.9. The molecule has 1 amide bonds. The second kappa shape index (κ2) is 5.44. The molecular formula is C16H23N3O. The molecule has 1 aliphatic carbocycles. The lowest BCUT2D eigenvalue weighted by atomic mass is 10.1. The summed E-state index contributed by atoms with van der Waals surface area (Å²) in [5.74, 6) is 0.154. The van der Waals surface area contributed by atoms with Gasteiger partial charge in [-0.15, -0.1) is 0 Å². The van der Waals surface area contributed by atoms with Crippen LogP contribution in [0.3, 0.4) is 0 Å². The van der Waals surface area contributed by atoms with E-state index in [1.54, 1.807) is 0 Å². The molecule has 108 valence electrons. The number of carbonyl (C=O) groups excluding carboxylic acids is 1. The van der Waals surface area contributed by atoms with Gasteiger partial charge in [0.15, 0.2) is 0 Å². The predicted molar refractivity (Wildman–Crippen MR) is 80.7 cm³/mol. The molecule has 1 saturated carbocycles. The van der Waals surface area contributed by atoms with Crippen LogP contribution in [0.1, 0.15) is 24.8 Å². The Labute approximate surface area is 120 Å². The number of hydrogen-bond acceptors (Lipinski definition) is 3. The van der Waals surface area contributed by atoms with E-state index < -0.39 is 0 Å². The fourth-order valence-corrected chi connectivity index (χ4v) is 2.97. The van der Waals surface area contributed by atoms with Crippen molar-refractivity contribution in [1.29, 1.82) is 0 Å². The molecule has 0 unspecified atom stereocenters. The summed E-state index contributed by atoms with van der Waals surface area (Å²) in [7, 11) is 0. The fraction of sp³-hybridized carbons (Fsp3) is 0.562. The van der Waals surface area contributed by atoms with Gasteiger partial charge in [0.2, 0.25) is 5.91 Å². The number of benzene rings is 1. The molecule has 0 atom stereocenters. The number of nitrogens with one attached hydrogen (secondary N) is 1. The Hall–Kier alpha value is -1.55. The van der Waals surface area contributed by atoms with E-state index in [4.69, 9.17) is 5.73 Å². The SMILES string of the molecule is NCC1(C(=O)NCCCN2CCc3ccccc32)CC1. The first-order valence-electron chi connectivity index (χ1n) is 7.56. The summed E-state index contributed by atoms with van der Waals surface area (Å²) in [5.41, 5.74) is 8.24. The highest BCUT2D eigenvalue weighted by Gasteiger charge is 2.48. The number of carbonyl (C=O) groups is 1. The third-order valence-electron chi connectivity index (χ3n) is 4.60. The zero-order chi connectivity index (χ0) is 14.0. The van der Waals surface area contributed by atoms with Crippen molar-refractivity contribution in [2.45, 2.75) is 25.7 Å². The van der Waals surface area contributed by atoms with Crippen molar-refractivity contribution in [1.82, 2.24) is 5.32 Å². The molecule has 1 aromatic carbocycles. The number of hydrogen-bond donors (Lipinski definition) is 2. The Morgan fingerprint density at radius 3 is 2.90 bits per heavy atom. The van der Waals surface area contributed by atoms with Gasteiger partial charge in [0.25, 0.3) is 0 Å². The van der Waals surface area contributed by atoms with Crippen molar-refractivity contribution in [2.24, 2.45) is 11.1 Å². The van der Waals surface area contributed by atoms with Crippen LogP contribution >= 0.6 is 0 Å². The smallest absolute Gasteiger partial charge is 0.227 e. The van der Waals surface area contributed by atoms with E-state index >= 15 is 0 Å². The largest absolute Gasteiger partial charge is 0.371 e. The molecule has 4 nitrogen and oxygen atoms in total. The maximum Gasteiger partial charge on any atom is 0.227 e. The first-order valence-corrected chi connectivity index (χ1v) is 7.56. The summed E-state index contributed by atoms with van der Waals surface area (Å²) in [5, 5.41) is 3.04. The normalized spacial score (nSPS) is 18.8. The highest BCUT2D eigenvalue weighted by Crippen LogP contribution is 2.44. The zero-order valence-electron chi connectivity index (χ0n) is 11.9. The lowest BCUT2D eigenvalue weighted by Gasteiger charge is -2.20. The maximum atomic E-state index is 11.9. The Kier molecular flexibility index (Phi) is 3.66. The second-order valence-corrected chi connectivity index (χ2v) is 5.96. The molecule has 0 bridgehead atoms. The van der Waals surface area contributed by atoms with Gasteiger partial charge in [0.1, 0.15) is 0 Å². The van der Waals surface area contributed by atoms with Crippen LogP contribution in [-0.2, 0) is 11.2 Å². The van der Waals surface area contributed by atoms with Gasteiger partial charge in [0, 0.05) is 31.9 Å². The van der Waals surface area contributed by atoms with E-state index in [-0.39, 0.29) is 11.3 Å². The van der Waals surface area contributed by atoms with Gasteiger partial charge < -0.3 is 16.0 Å². The number of anilines is 1. The molecule has 1 heterocycles. The van der Waals surface area contributed by atoms with E-state index in [2.05, 4.69) is 34.5 Å². The van der Waals surface area contributed by atoms with E-state index in [9.17, 15) is 4.79 Å². The van der Waals surface area contributed by atoms with Crippen LogP contribution in [0.2, 0.25) is 0 Å². The Balaban J connectivity index is 1.42. The maximum absolute atomic E-state index is 11.9. The number of nitrogens with two attached hydrogens (primary N) is 1. The number of rotatable bonds is 6. The molecule has 0 radical (unpaired) electrons. The van der Waals surface area contributed by atoms with Crippen molar-refractivity contribution >= 4 is 11.6 Å². The van der Waals surface area contributed by atoms with Gasteiger partial charge in [-0.05, 0) is 37.3 Å². The van der Waals surface area contributed by atoms with E-state index in [1.807, 2.05) is 0 Å². The summed E-state index contributed by atoms with van der Waals surface area (Å²) < 4.78 is 0. The third kappa shape index (κ3) is 2.52. The number of fused-ring (bicyclic) bond motifs is 1. The van der Waals surface area contributed by atoms with Gasteiger partial charge >= 0.3 is 0 Å². The van der Waals surface area contributed by atoms with Gasteiger partial charge in [-0.2, -0.15) is 0 Å². The van der Waals surface area contributed by atoms with Gasteiger partial charge in [-0.1, -0.05) is 18.2 Å². The van der Waals surface area contributed by atoms with Gasteiger partial charge in [0.05, 0.1) is 5.41 Å². The van der Waals surface area contributed by atoms with Crippen LogP contribution in [0.15, 0.2) is 24.3 Å². The van der Waals surface area contributed by atoms with Crippen molar-refractivity contribution in [2.75, 3.05) is 31.1 Å². The highest BCUT2D eigenvalue weighted by molar-refractivity contribution is 5.85. The van der Waals surface area contributed by atoms with Crippen LogP contribution in [0.5, 0.6) is 0 Å². The lowest BCUT2D eigenvalue weighted by molar-refractivity contribution is -0.125. The van der Waals surface area contributed by atoms with Crippen LogP contribution in [0.4, 0.5) is 5.69 Å². The number of para-hydroxylation sites is 1. The molecule has 3 N–H and O–H groups in total. The minimum absolute atomic E-state index is 0.154. The molecule has 1 aliphatic heterocycles. The Morgan fingerprint density at radius 1 is 1.35 bits per heavy atom. The molecule has 0 saturated heterocycles. The summed E-state index contributed by atoms with van der Waals surface area (Å²) in [4.78, 5) is 14.4. The summed E-state index contributed by atoms with van der Waals surface area (Å²) in [6, 6.07) is 8.59. The van der Waals surface area contributed by atoms with E-state index in [0.29, 0.717) is 6.54 Å². The fourth-order valence-electron chi connectivity index (χ4n) is 2.97. The second-order valence-electron chi connectivity index (χ2n) is 5.96. The monoisotopic (exact) mass is 273 g/mol. The van der Waals surface area contributed by atoms with Crippen LogP contribution < -0.4 is 16.0 Å². The standard InChI is InChI=1S/C16H23N3O/c17-12-16(7-8-16)15(20)18-9-3-10-19-11-6-13-4-1-2-5-14(13)19/h1-2,4-5H,3,6-12,17H2,(H,18,20). The molecule has 0 spiro atoms. The van der Waals surface area contributed by atoms with Crippen molar-refractivity contribution in [3.63, 3.8) is 0 Å². The number of nitrogens with zero attached hydrogens (tertiary/aromatic N) is 1. The quantitative estimate of drug-likeness (QED) is 0.768. The molecular weight excluding hydrogens is 250 g/mol. The first kappa shape index (κ1) is 13.4. The molecule has 20 heavy (non-hydrogen) atoms. The van der Waals surface area contributed by atoms with Crippen LogP contribution in [0, 0.1) is 5.41 Å². The van der Waals surface area contributed by atoms with Crippen molar-refractivity contribution in [3.8, 4) is 0 Å². The molecule has 1 aromatic rings. The predicted octanol–water partition coefficient (Wildman–Crippen LogP) is 1.29. The summed E-state index contributed by atoms with van der Waals surface area (Å²) >= 11 is 0. The van der Waals surface area contributed by atoms with Crippen molar-refractivity contribution < 1.29 is 4.79 Å². The van der Waals surface area contributed by atoms with Crippen molar-refractivity contribution in [3.05, 3.63) is 29.8 Å². The van der Waals surface area contributed by atoms with Crippen LogP contribution in [-0.4, -0.2) is 32.1 Å². The van der Waals surface area contributed by atoms with E-state index in [1.165, 1.54) is 11.3 Å². The summed E-state index contributed by atoms with van der Waals surface area (Å²) in [6.45, 7) is 3.34. The minimum atomic E-state index is -0.222. The number of amides is 1. The lowest BCUT2D eigenvalue weighted by Crippen LogP contribution is -2.38. The third-order valence-corrected chi connectivity index (χ3v) is 4.60. The molecule has 2 aliphatic rings. The molecule has 4 heteroatoms. The average molecular weight is 273 g/mol. The molecule has 1 fully saturated rings. The van der Waals surface area contributed by atoms with E-state index in [0.717, 1.165) is 45.3 Å². The van der Waals surface area contributed by atoms with Crippen LogP contribution in [0.25, 0.3) is 0 Å². The summed E-state index contributed by atoms with van der Waals surface area (Å²) in [6.07, 6.45) is 4.03. The van der Waals surface area contributed by atoms with Gasteiger partial charge in [-0.25, -0.2) is 0 Å². The Morgan fingerprint density at radius 2 is 2.15 bits per heavy atom. The average Bonchev–Trinajstić information content (AvgIpc) is 3.19. The molecule has 3 rings (SSSR count). The topological polar surface area (TPSA) is 58.4 Å². The molecule has 0 aromatic heterocycles. The minimum Gasteiger partial charge on any atom is -0.371 e. The van der Waals surface area contributed by atoms with Gasteiger partial charge in [-0.3, -0.25) is 4.79 Å².